The molecular weight excluding hydrogens is 1260 g/mol. The number of hydrogen-bond acceptors (Lipinski definition) is 21. The van der Waals surface area contributed by atoms with Gasteiger partial charge in [0.2, 0.25) is 35.4 Å². The number of carbonyl (C=O) groups excluding carboxylic acids is 7. The Balaban J connectivity index is 0.00000600. The first-order valence-corrected chi connectivity index (χ1v) is 31.7. The quantitative estimate of drug-likeness (QED) is 0.0709. The Labute approximate surface area is 549 Å². The zero-order valence-electron chi connectivity index (χ0n) is 51.5. The van der Waals surface area contributed by atoms with Crippen molar-refractivity contribution in [1.82, 2.24) is 51.5 Å². The molecule has 0 bridgehead atoms. The predicted molar refractivity (Wildman–Crippen MR) is 344 cm³/mol. The van der Waals surface area contributed by atoms with Gasteiger partial charge in [0.15, 0.2) is 11.5 Å². The average molecular weight is 1340 g/mol. The lowest BCUT2D eigenvalue weighted by Crippen LogP contribution is -2.64. The molecule has 5 aliphatic rings. The van der Waals surface area contributed by atoms with E-state index in [4.69, 9.17) is 10.5 Å². The van der Waals surface area contributed by atoms with Crippen LogP contribution in [0.25, 0.3) is 21.1 Å². The topological polar surface area (TPSA) is 395 Å². The maximum absolute atomic E-state index is 14.7. The van der Waals surface area contributed by atoms with Crippen LogP contribution in [-0.4, -0.2) is 241 Å². The molecule has 30 heteroatoms. The van der Waals surface area contributed by atoms with Crippen LogP contribution in [0, 0.1) is 11.8 Å². The number of halogens is 2. The third-order valence-corrected chi connectivity index (χ3v) is 18.8. The fourth-order valence-electron chi connectivity index (χ4n) is 12.7. The molecule has 4 aliphatic heterocycles. The van der Waals surface area contributed by atoms with Gasteiger partial charge >= 0.3 is 0 Å². The number of phenols is 1. The van der Waals surface area contributed by atoms with Crippen molar-refractivity contribution in [2.24, 2.45) is 17.6 Å². The second-order valence-electron chi connectivity index (χ2n) is 24.4. The van der Waals surface area contributed by atoms with Crippen molar-refractivity contribution in [2.45, 2.75) is 145 Å². The number of aliphatic hydroxyl groups excluding tert-OH is 6. The third-order valence-electron chi connectivity index (χ3n) is 17.8. The summed E-state index contributed by atoms with van der Waals surface area (Å²) in [6, 6.07) is 7.69. The number of ether oxygens (including phenoxy) is 1. The van der Waals surface area contributed by atoms with E-state index in [-0.39, 0.29) is 67.0 Å². The Kier molecular flexibility index (Phi) is 25.9. The van der Waals surface area contributed by atoms with E-state index in [1.807, 2.05) is 12.1 Å². The minimum Gasteiger partial charge on any atom is -0.504 e. The summed E-state index contributed by atoms with van der Waals surface area (Å²) in [6.07, 6.45) is -4.99. The van der Waals surface area contributed by atoms with Gasteiger partial charge < -0.3 is 87.5 Å². The highest BCUT2D eigenvalue weighted by Crippen LogP contribution is 2.33. The zero-order chi connectivity index (χ0) is 64.5. The number of hydrogen-bond donors (Lipinski definition) is 13. The first-order valence-electron chi connectivity index (χ1n) is 30.9. The molecular formula is C62H86Cl2N12O15S. The zero-order valence-corrected chi connectivity index (χ0v) is 54.0. The number of aromatic hydroxyl groups is 1. The average Bonchev–Trinajstić information content (AvgIpc) is 1.63. The van der Waals surface area contributed by atoms with E-state index in [1.165, 1.54) is 87.4 Å². The first-order chi connectivity index (χ1) is 43.1. The number of nitrogens with zero attached hydrogens (tertiary/aromatic N) is 6. The Morgan fingerprint density at radius 2 is 1.36 bits per heavy atom. The lowest BCUT2D eigenvalue weighted by Gasteiger charge is -2.38. The number of nitrogens with two attached hydrogens (primary N) is 1. The van der Waals surface area contributed by atoms with Gasteiger partial charge in [-0.3, -0.25) is 38.5 Å². The Morgan fingerprint density at radius 3 is 1.99 bits per heavy atom. The molecule has 27 nitrogen and oxygen atoms in total. The van der Waals surface area contributed by atoms with E-state index < -0.39 is 152 Å². The minimum absolute atomic E-state index is 0. The van der Waals surface area contributed by atoms with Crippen LogP contribution in [0.2, 0.25) is 0 Å². The Bertz CT molecular complexity index is 3180. The summed E-state index contributed by atoms with van der Waals surface area (Å²) in [6.45, 7) is 6.23. The van der Waals surface area contributed by atoms with E-state index in [2.05, 4.69) is 58.7 Å². The molecule has 9 rings (SSSR count). The second kappa shape index (κ2) is 32.8. The Morgan fingerprint density at radius 1 is 0.739 bits per heavy atom. The summed E-state index contributed by atoms with van der Waals surface area (Å²) < 4.78 is 5.20. The van der Waals surface area contributed by atoms with Gasteiger partial charge in [0.1, 0.15) is 46.3 Å². The number of rotatable bonds is 15. The predicted octanol–water partition coefficient (Wildman–Crippen LogP) is -0.570. The monoisotopic (exact) mass is 1340 g/mol. The molecule has 4 aromatic rings. The van der Waals surface area contributed by atoms with Gasteiger partial charge in [-0.15, -0.1) is 35.0 Å². The maximum atomic E-state index is 14.7. The number of carbonyl (C=O) groups is 7. The number of benzene rings is 3. The molecule has 4 saturated heterocycles. The van der Waals surface area contributed by atoms with Crippen LogP contribution < -0.4 is 42.0 Å². The number of fused-ring (bicyclic) bond motifs is 2. The van der Waals surface area contributed by atoms with Crippen LogP contribution >= 0.6 is 36.2 Å². The normalized spacial score (nSPS) is 26.9. The molecule has 1 aromatic heterocycles. The summed E-state index contributed by atoms with van der Waals surface area (Å²) in [5.74, 6) is -7.68. The summed E-state index contributed by atoms with van der Waals surface area (Å²) >= 11 is 1.36. The van der Waals surface area contributed by atoms with Gasteiger partial charge in [0.05, 0.1) is 43.7 Å². The maximum Gasteiger partial charge on any atom is 0.251 e. The molecule has 14 N–H and O–H groups in total. The van der Waals surface area contributed by atoms with E-state index in [9.17, 15) is 69.3 Å². The van der Waals surface area contributed by atoms with E-state index >= 15 is 0 Å². The molecule has 0 spiro atoms. The molecule has 0 radical (unpaired) electrons. The molecule has 5 heterocycles. The minimum atomic E-state index is -2.02. The lowest BCUT2D eigenvalue weighted by molar-refractivity contribution is -0.147. The number of β-amino-alcohol motifs (C(OH)–C–C–N with tert-alkyl or cyclic N) is 1. The summed E-state index contributed by atoms with van der Waals surface area (Å²) in [4.78, 5) is 108. The SMILES string of the molecule is COc1cc(C[C@@H](O)[C@@H]2NC(=O)[C@@H]3C[C@@H](O)CN3C(=O)[C@H]([C@@H](C)O)NC(=O)[C@@H](NC(=O)c3ccc(-c4nnc(-c5ccc(N6CCN(CC7CCCCC7)CC6)cc5)s4)cc3)C[C@@H](O)CNC(=O)[C@@H]3[C@@H](O)[C@@H](C)CN3C(=O)[C@H]([C@H](O)CCN)NC2=O)ccc1O.Cl.Cl. The van der Waals surface area contributed by atoms with Crippen LogP contribution in [0.1, 0.15) is 81.1 Å². The van der Waals surface area contributed by atoms with E-state index in [1.54, 1.807) is 19.1 Å². The number of amides is 7. The molecule has 5 fully saturated rings. The van der Waals surface area contributed by atoms with Crippen LogP contribution in [0.15, 0.2) is 66.7 Å². The van der Waals surface area contributed by atoms with Gasteiger partial charge in [0, 0.05) is 99.9 Å². The van der Waals surface area contributed by atoms with Gasteiger partial charge in [-0.2, -0.15) is 0 Å². The summed E-state index contributed by atoms with van der Waals surface area (Å²) in [5, 5.41) is 101. The van der Waals surface area contributed by atoms with Crippen molar-refractivity contribution in [3.8, 4) is 32.6 Å². The highest BCUT2D eigenvalue weighted by Gasteiger charge is 2.50. The lowest BCUT2D eigenvalue weighted by atomic mass is 9.89. The molecule has 13 atom stereocenters. The highest BCUT2D eigenvalue weighted by molar-refractivity contribution is 7.17. The van der Waals surface area contributed by atoms with Crippen LogP contribution in [-0.2, 0) is 35.2 Å². The third kappa shape index (κ3) is 17.5. The van der Waals surface area contributed by atoms with Gasteiger partial charge in [-0.05, 0) is 92.7 Å². The molecule has 1 saturated carbocycles. The van der Waals surface area contributed by atoms with Crippen molar-refractivity contribution in [3.05, 3.63) is 77.9 Å². The fraction of sp³-hybridized carbons (Fsp3) is 0.565. The largest absolute Gasteiger partial charge is 0.504 e. The van der Waals surface area contributed by atoms with Crippen LogP contribution in [0.5, 0.6) is 11.5 Å². The highest BCUT2D eigenvalue weighted by atomic mass is 35.5. The molecule has 1 aliphatic carbocycles. The molecule has 92 heavy (non-hydrogen) atoms. The number of phenolic OH excluding ortho intramolecular Hbond substituents is 1. The van der Waals surface area contributed by atoms with E-state index in [0.717, 1.165) is 60.1 Å². The number of piperazine rings is 1. The molecule has 504 valence electrons. The first kappa shape index (κ1) is 72.6. The smallest absolute Gasteiger partial charge is 0.251 e. The number of nitrogens with one attached hydrogen (secondary N) is 5. The van der Waals surface area contributed by atoms with E-state index in [0.29, 0.717) is 15.6 Å². The molecule has 0 unspecified atom stereocenters. The van der Waals surface area contributed by atoms with Crippen molar-refractivity contribution >= 4 is 83.2 Å². The van der Waals surface area contributed by atoms with Crippen molar-refractivity contribution < 1.29 is 74.0 Å². The molecule has 7 amide bonds. The van der Waals surface area contributed by atoms with Crippen molar-refractivity contribution in [3.63, 3.8) is 0 Å². The van der Waals surface area contributed by atoms with Gasteiger partial charge in [0.25, 0.3) is 5.91 Å². The van der Waals surface area contributed by atoms with Gasteiger partial charge in [-0.1, -0.05) is 55.7 Å². The number of methoxy groups -OCH3 is 1. The number of aliphatic hydroxyl groups is 6. The molecule has 3 aromatic carbocycles. The standard InChI is InChI=1S/C62H84N12O15S.2ClH/c1-33-30-74-52(53(33)81)58(86)64-29-41(76)27-43(65-54(82)37-10-12-38(13-11-37)59-69-70-60(90-59)39-14-16-40(17-15-39)72-23-21-71(22-24-72)31-35-7-5-4-6-8-35)55(83)66-49(34(2)75)61(87)73-32-42(77)28-44(73)56(84)67-50(57(85)68-51(62(74)88)46(79)19-20-63)47(80)25-36-9-18-45(78)48(26-36)89-3;;/h9-18,26,33-35,41-44,46-47,49-53,75-81H,4-8,19-25,27-32,63H2,1-3H3,(H,64,86)(H,65,82)(H,66,83)(H,67,84)(H,68,85);2*1H/t33-,34+,41+,42+,43-,44-,46+,47+,49-,50-,51-,52-,53-;;/m0../s1. The second-order valence-corrected chi connectivity index (χ2v) is 25.4. The summed E-state index contributed by atoms with van der Waals surface area (Å²) in [7, 11) is 1.28. The summed E-state index contributed by atoms with van der Waals surface area (Å²) in [5.41, 5.74) is 8.80. The van der Waals surface area contributed by atoms with Crippen molar-refractivity contribution in [2.75, 3.05) is 70.9 Å². The number of aromatic nitrogens is 2. The fourth-order valence-corrected chi connectivity index (χ4v) is 13.5. The van der Waals surface area contributed by atoms with Gasteiger partial charge in [-0.25, -0.2) is 0 Å². The Hall–Kier alpha value is -6.83. The van der Waals surface area contributed by atoms with Crippen LogP contribution in [0.4, 0.5) is 5.69 Å². The van der Waals surface area contributed by atoms with Crippen LogP contribution in [0.3, 0.4) is 0 Å². The van der Waals surface area contributed by atoms with Crippen molar-refractivity contribution in [1.29, 1.82) is 0 Å². The number of anilines is 1.